The molecule has 3 aromatic rings. The Bertz CT molecular complexity index is 1080. The van der Waals surface area contributed by atoms with Gasteiger partial charge in [-0.25, -0.2) is 4.39 Å². The van der Waals surface area contributed by atoms with Gasteiger partial charge in [-0.2, -0.15) is 0 Å². The van der Waals surface area contributed by atoms with Crippen molar-refractivity contribution < 1.29 is 23.7 Å². The number of ether oxygens (including phenoxy) is 3. The minimum absolute atomic E-state index is 0.00161. The Morgan fingerprint density at radius 3 is 2.39 bits per heavy atom. The van der Waals surface area contributed by atoms with Gasteiger partial charge < -0.3 is 19.3 Å². The highest BCUT2D eigenvalue weighted by Gasteiger charge is 2.19. The third kappa shape index (κ3) is 5.86. The van der Waals surface area contributed by atoms with E-state index in [9.17, 15) is 14.3 Å². The van der Waals surface area contributed by atoms with Gasteiger partial charge in [0.05, 0.1) is 26.0 Å². The van der Waals surface area contributed by atoms with Gasteiger partial charge in [0.15, 0.2) is 11.5 Å². The molecular formula is C24H26FNO5. The van der Waals surface area contributed by atoms with Gasteiger partial charge in [-0.3, -0.25) is 9.36 Å². The van der Waals surface area contributed by atoms with Crippen LogP contribution in [0.25, 0.3) is 5.69 Å². The Balaban J connectivity index is 1.74. The molecule has 0 radical (unpaired) electrons. The number of benzene rings is 2. The van der Waals surface area contributed by atoms with E-state index in [0.29, 0.717) is 29.5 Å². The van der Waals surface area contributed by atoms with Crippen LogP contribution >= 0.6 is 0 Å². The normalized spacial score (nSPS) is 11.3. The van der Waals surface area contributed by atoms with Gasteiger partial charge in [0, 0.05) is 23.7 Å². The van der Waals surface area contributed by atoms with Crippen molar-refractivity contribution in [1.29, 1.82) is 0 Å². The van der Waals surface area contributed by atoms with Crippen LogP contribution in [0.5, 0.6) is 17.2 Å². The molecule has 0 aliphatic heterocycles. The Hall–Kier alpha value is -3.32. The van der Waals surface area contributed by atoms with Crippen molar-refractivity contribution in [2.75, 3.05) is 20.3 Å². The number of aromatic nitrogens is 1. The van der Waals surface area contributed by atoms with Gasteiger partial charge in [0.2, 0.25) is 0 Å². The Morgan fingerprint density at radius 1 is 1.00 bits per heavy atom. The topological polar surface area (TPSA) is 69.9 Å². The van der Waals surface area contributed by atoms with Crippen molar-refractivity contribution in [2.24, 2.45) is 5.41 Å². The van der Waals surface area contributed by atoms with E-state index in [2.05, 4.69) is 0 Å². The van der Waals surface area contributed by atoms with E-state index < -0.39 is 0 Å². The minimum Gasteiger partial charge on any atom is -0.493 e. The number of hydrogen-bond donors (Lipinski definition) is 1. The van der Waals surface area contributed by atoms with Crippen molar-refractivity contribution in [3.63, 3.8) is 0 Å². The van der Waals surface area contributed by atoms with Crippen LogP contribution < -0.4 is 19.8 Å². The summed E-state index contributed by atoms with van der Waals surface area (Å²) < 4.78 is 31.3. The molecule has 6 nitrogen and oxygen atoms in total. The van der Waals surface area contributed by atoms with Crippen LogP contribution in [0.3, 0.4) is 0 Å². The summed E-state index contributed by atoms with van der Waals surface area (Å²) in [5, 5.41) is 9.38. The molecule has 3 rings (SSSR count). The summed E-state index contributed by atoms with van der Waals surface area (Å²) >= 11 is 0. The predicted molar refractivity (Wildman–Crippen MR) is 116 cm³/mol. The lowest BCUT2D eigenvalue weighted by Gasteiger charge is -2.22. The van der Waals surface area contributed by atoms with E-state index >= 15 is 0 Å². The first-order valence-electron chi connectivity index (χ1n) is 9.83. The van der Waals surface area contributed by atoms with Gasteiger partial charge >= 0.3 is 0 Å². The molecule has 164 valence electrons. The van der Waals surface area contributed by atoms with Crippen LogP contribution in [0.4, 0.5) is 4.39 Å². The molecule has 0 aliphatic carbocycles. The monoisotopic (exact) mass is 427 g/mol. The Labute approximate surface area is 180 Å². The van der Waals surface area contributed by atoms with Crippen molar-refractivity contribution in [3.05, 3.63) is 82.5 Å². The lowest BCUT2D eigenvalue weighted by Crippen LogP contribution is -2.25. The number of aliphatic hydroxyl groups excluding tert-OH is 1. The average molecular weight is 427 g/mol. The average Bonchev–Trinajstić information content (AvgIpc) is 2.77. The number of rotatable bonds is 9. The van der Waals surface area contributed by atoms with Crippen molar-refractivity contribution in [2.45, 2.75) is 20.5 Å². The van der Waals surface area contributed by atoms with E-state index in [1.54, 1.807) is 42.6 Å². The lowest BCUT2D eigenvalue weighted by molar-refractivity contribution is 0.0959. The zero-order valence-corrected chi connectivity index (χ0v) is 17.8. The quantitative estimate of drug-likeness (QED) is 0.560. The number of aliphatic hydroxyl groups is 1. The highest BCUT2D eigenvalue weighted by molar-refractivity contribution is 5.49. The largest absolute Gasteiger partial charge is 0.493 e. The zero-order valence-electron chi connectivity index (χ0n) is 17.8. The van der Waals surface area contributed by atoms with Gasteiger partial charge in [-0.15, -0.1) is 0 Å². The van der Waals surface area contributed by atoms with Gasteiger partial charge in [-0.05, 0) is 35.9 Å². The maximum atomic E-state index is 13.0. The molecule has 1 N–H and O–H groups in total. The van der Waals surface area contributed by atoms with Crippen LogP contribution in [-0.4, -0.2) is 30.0 Å². The van der Waals surface area contributed by atoms with E-state index in [-0.39, 0.29) is 30.0 Å². The molecule has 1 aromatic heterocycles. The fraction of sp³-hybridized carbons (Fsp3) is 0.292. The predicted octanol–water partition coefficient (Wildman–Crippen LogP) is 3.96. The number of nitrogens with zero attached hydrogens (tertiary/aromatic N) is 1. The summed E-state index contributed by atoms with van der Waals surface area (Å²) in [6, 6.07) is 14.3. The fourth-order valence-corrected chi connectivity index (χ4v) is 2.76. The molecule has 0 amide bonds. The zero-order chi connectivity index (χ0) is 22.4. The molecule has 2 aromatic carbocycles. The molecule has 0 unspecified atom stereocenters. The first kappa shape index (κ1) is 22.4. The van der Waals surface area contributed by atoms with E-state index in [0.717, 1.165) is 5.56 Å². The summed E-state index contributed by atoms with van der Waals surface area (Å²) in [4.78, 5) is 12.6. The van der Waals surface area contributed by atoms with Crippen LogP contribution in [-0.2, 0) is 6.61 Å². The van der Waals surface area contributed by atoms with E-state index in [4.69, 9.17) is 14.2 Å². The smallest absolute Gasteiger partial charge is 0.258 e. The molecule has 0 atom stereocenters. The standard InChI is InChI=1S/C24H26FNO5/c1-24(2,15-27)16-31-21-9-8-19(12-22(21)29-3)26-11-10-20(13-23(26)28)30-14-17-4-6-18(25)7-5-17/h4-13,27H,14-16H2,1-3H3. The third-order valence-corrected chi connectivity index (χ3v) is 4.68. The van der Waals surface area contributed by atoms with Crippen LogP contribution in [0.1, 0.15) is 19.4 Å². The maximum Gasteiger partial charge on any atom is 0.258 e. The molecule has 1 heterocycles. The Morgan fingerprint density at radius 2 is 1.74 bits per heavy atom. The first-order chi connectivity index (χ1) is 14.8. The minimum atomic E-state index is -0.385. The molecule has 0 saturated carbocycles. The SMILES string of the molecule is COc1cc(-n2ccc(OCc3ccc(F)cc3)cc2=O)ccc1OCC(C)(C)CO. The fourth-order valence-electron chi connectivity index (χ4n) is 2.76. The maximum absolute atomic E-state index is 13.0. The van der Waals surface area contributed by atoms with Crippen molar-refractivity contribution in [3.8, 4) is 22.9 Å². The molecule has 31 heavy (non-hydrogen) atoms. The lowest BCUT2D eigenvalue weighted by atomic mass is 9.96. The summed E-state index contributed by atoms with van der Waals surface area (Å²) in [6.07, 6.45) is 1.62. The molecule has 0 bridgehead atoms. The summed E-state index contributed by atoms with van der Waals surface area (Å²) in [5.41, 5.74) is 0.759. The second kappa shape index (κ2) is 9.66. The van der Waals surface area contributed by atoms with E-state index in [1.165, 1.54) is 29.9 Å². The van der Waals surface area contributed by atoms with Crippen molar-refractivity contribution in [1.82, 2.24) is 4.57 Å². The number of hydrogen-bond acceptors (Lipinski definition) is 5. The highest BCUT2D eigenvalue weighted by atomic mass is 19.1. The van der Waals surface area contributed by atoms with Crippen LogP contribution in [0, 0.1) is 11.2 Å². The highest BCUT2D eigenvalue weighted by Crippen LogP contribution is 2.31. The van der Waals surface area contributed by atoms with Gasteiger partial charge in [0.25, 0.3) is 5.56 Å². The van der Waals surface area contributed by atoms with Crippen LogP contribution in [0.15, 0.2) is 65.6 Å². The molecule has 7 heteroatoms. The second-order valence-corrected chi connectivity index (χ2v) is 7.93. The molecule has 0 spiro atoms. The number of halogens is 1. The summed E-state index contributed by atoms with van der Waals surface area (Å²) in [7, 11) is 1.53. The van der Waals surface area contributed by atoms with Crippen LogP contribution in [0.2, 0.25) is 0 Å². The molecule has 0 aliphatic rings. The van der Waals surface area contributed by atoms with E-state index in [1.807, 2.05) is 13.8 Å². The van der Waals surface area contributed by atoms with Gasteiger partial charge in [0.1, 0.15) is 18.2 Å². The molecular weight excluding hydrogens is 401 g/mol. The van der Waals surface area contributed by atoms with Crippen molar-refractivity contribution >= 4 is 0 Å². The third-order valence-electron chi connectivity index (χ3n) is 4.68. The number of methoxy groups -OCH3 is 1. The molecule has 0 fully saturated rings. The summed E-state index contributed by atoms with van der Waals surface area (Å²) in [6.45, 7) is 4.34. The first-order valence-corrected chi connectivity index (χ1v) is 9.83. The second-order valence-electron chi connectivity index (χ2n) is 7.93. The molecule has 0 saturated heterocycles. The Kier molecular flexibility index (Phi) is 6.97. The van der Waals surface area contributed by atoms with Gasteiger partial charge in [-0.1, -0.05) is 26.0 Å². The number of pyridine rings is 1. The summed E-state index contributed by atoms with van der Waals surface area (Å²) in [5.74, 6) is 1.12.